The van der Waals surface area contributed by atoms with E-state index in [1.54, 1.807) is 24.3 Å². The number of anilines is 1. The summed E-state index contributed by atoms with van der Waals surface area (Å²) in [6.45, 7) is 2.57. The summed E-state index contributed by atoms with van der Waals surface area (Å²) in [5.74, 6) is 0.667. The van der Waals surface area contributed by atoms with Crippen LogP contribution in [0.1, 0.15) is 5.56 Å². The second-order valence-electron chi connectivity index (χ2n) is 5.52. The third kappa shape index (κ3) is 4.33. The largest absolute Gasteiger partial charge is 0.368 e. The second kappa shape index (κ2) is 7.47. The van der Waals surface area contributed by atoms with Crippen LogP contribution in [0.4, 0.5) is 5.82 Å². The first-order valence-corrected chi connectivity index (χ1v) is 9.94. The van der Waals surface area contributed by atoms with Gasteiger partial charge in [0, 0.05) is 22.9 Å². The summed E-state index contributed by atoms with van der Waals surface area (Å²) in [5, 5.41) is 4.02. The van der Waals surface area contributed by atoms with Gasteiger partial charge in [-0.25, -0.2) is 23.1 Å². The van der Waals surface area contributed by atoms with Gasteiger partial charge in [-0.2, -0.15) is 0 Å². The molecule has 3 rings (SSSR count). The molecule has 0 saturated carbocycles. The molecule has 0 aliphatic heterocycles. The van der Waals surface area contributed by atoms with Crippen LogP contribution in [0.5, 0.6) is 0 Å². The van der Waals surface area contributed by atoms with Crippen molar-refractivity contribution in [3.63, 3.8) is 0 Å². The molecule has 8 heteroatoms. The maximum absolute atomic E-state index is 12.2. The van der Waals surface area contributed by atoms with Crippen molar-refractivity contribution in [2.24, 2.45) is 0 Å². The van der Waals surface area contributed by atoms with Gasteiger partial charge in [-0.3, -0.25) is 0 Å². The van der Waals surface area contributed by atoms with E-state index in [0.717, 1.165) is 20.9 Å². The van der Waals surface area contributed by atoms with E-state index in [1.165, 1.54) is 6.33 Å². The summed E-state index contributed by atoms with van der Waals surface area (Å²) in [7, 11) is -3.51. The highest BCUT2D eigenvalue weighted by Crippen LogP contribution is 2.23. The van der Waals surface area contributed by atoms with Gasteiger partial charge in [-0.05, 0) is 37.3 Å². The van der Waals surface area contributed by atoms with Crippen LogP contribution in [0.2, 0.25) is 0 Å². The first-order valence-electron chi connectivity index (χ1n) is 7.66. The lowest BCUT2D eigenvalue weighted by Crippen LogP contribution is -2.29. The van der Waals surface area contributed by atoms with E-state index in [1.807, 2.05) is 25.1 Å². The predicted molar refractivity (Wildman–Crippen MR) is 102 cm³/mol. The number of halogens is 1. The van der Waals surface area contributed by atoms with Crippen LogP contribution in [0, 0.1) is 6.92 Å². The highest BCUT2D eigenvalue weighted by Gasteiger charge is 2.12. The number of rotatable bonds is 6. The smallest absolute Gasteiger partial charge is 0.240 e. The Bertz CT molecular complexity index is 991. The molecule has 6 nitrogen and oxygen atoms in total. The molecule has 0 unspecified atom stereocenters. The van der Waals surface area contributed by atoms with Crippen molar-refractivity contribution in [3.05, 3.63) is 58.8 Å². The van der Waals surface area contributed by atoms with Gasteiger partial charge >= 0.3 is 0 Å². The summed E-state index contributed by atoms with van der Waals surface area (Å²) < 4.78 is 28.0. The molecule has 2 N–H and O–H groups in total. The van der Waals surface area contributed by atoms with E-state index in [2.05, 4.69) is 35.9 Å². The average molecular weight is 421 g/mol. The third-order valence-electron chi connectivity index (χ3n) is 3.64. The molecule has 130 valence electrons. The maximum Gasteiger partial charge on any atom is 0.240 e. The number of nitrogens with one attached hydrogen (secondary N) is 2. The molecule has 0 fully saturated rings. The lowest BCUT2D eigenvalue weighted by molar-refractivity contribution is 0.583. The van der Waals surface area contributed by atoms with Gasteiger partial charge in [0.1, 0.15) is 12.1 Å². The van der Waals surface area contributed by atoms with Gasteiger partial charge in [-0.1, -0.05) is 33.6 Å². The number of aromatic nitrogens is 2. The lowest BCUT2D eigenvalue weighted by atomic mass is 10.2. The molecule has 0 saturated heterocycles. The van der Waals surface area contributed by atoms with Crippen LogP contribution in [0.15, 0.2) is 58.2 Å². The monoisotopic (exact) mass is 420 g/mol. The molecule has 0 radical (unpaired) electrons. The Kier molecular flexibility index (Phi) is 5.31. The van der Waals surface area contributed by atoms with Crippen molar-refractivity contribution < 1.29 is 8.42 Å². The molecule has 3 aromatic rings. The molecule has 2 aromatic carbocycles. The Morgan fingerprint density at radius 3 is 2.56 bits per heavy atom. The summed E-state index contributed by atoms with van der Waals surface area (Å²) in [4.78, 5) is 8.70. The van der Waals surface area contributed by atoms with Gasteiger partial charge in [0.15, 0.2) is 0 Å². The first-order chi connectivity index (χ1) is 12.0. The minimum atomic E-state index is -3.51. The fourth-order valence-electron chi connectivity index (χ4n) is 2.34. The third-order valence-corrected chi connectivity index (χ3v) is 5.61. The predicted octanol–water partition coefficient (Wildman–Crippen LogP) is 3.09. The summed E-state index contributed by atoms with van der Waals surface area (Å²) in [5.41, 5.74) is 1.84. The van der Waals surface area contributed by atoms with E-state index < -0.39 is 10.0 Å². The van der Waals surface area contributed by atoms with E-state index in [4.69, 9.17) is 0 Å². The number of nitrogens with zero attached hydrogens (tertiary/aromatic N) is 2. The van der Waals surface area contributed by atoms with Crippen LogP contribution in [0.3, 0.4) is 0 Å². The van der Waals surface area contributed by atoms with Crippen LogP contribution in [-0.4, -0.2) is 31.5 Å². The zero-order valence-electron chi connectivity index (χ0n) is 13.5. The summed E-state index contributed by atoms with van der Waals surface area (Å²) in [6, 6.07) is 12.5. The minimum absolute atomic E-state index is 0.246. The minimum Gasteiger partial charge on any atom is -0.368 e. The molecule has 0 spiro atoms. The number of hydrogen-bond acceptors (Lipinski definition) is 5. The Hall–Kier alpha value is -2.03. The zero-order valence-corrected chi connectivity index (χ0v) is 15.9. The molecule has 1 heterocycles. The Balaban J connectivity index is 1.64. The summed E-state index contributed by atoms with van der Waals surface area (Å²) in [6.07, 6.45) is 1.48. The molecule has 0 aliphatic rings. The molecule has 0 aliphatic carbocycles. The standard InChI is InChI=1S/C17H17BrN4O2S/c1-12-2-5-14(6-3-12)25(23,24)22-9-8-19-17-15-10-13(18)4-7-16(15)20-11-21-17/h2-7,10-11,22H,8-9H2,1H3,(H,19,20,21). The number of hydrogen-bond donors (Lipinski definition) is 2. The fraction of sp³-hybridized carbons (Fsp3) is 0.176. The van der Waals surface area contributed by atoms with Crippen molar-refractivity contribution in [3.8, 4) is 0 Å². The highest BCUT2D eigenvalue weighted by atomic mass is 79.9. The molecular weight excluding hydrogens is 404 g/mol. The topological polar surface area (TPSA) is 84.0 Å². The SMILES string of the molecule is Cc1ccc(S(=O)(=O)NCCNc2ncnc3ccc(Br)cc23)cc1. The first kappa shape index (κ1) is 17.8. The maximum atomic E-state index is 12.2. The number of benzene rings is 2. The molecule has 0 bridgehead atoms. The van der Waals surface area contributed by atoms with E-state index in [9.17, 15) is 8.42 Å². The molecule has 25 heavy (non-hydrogen) atoms. The molecular formula is C17H17BrN4O2S. The Morgan fingerprint density at radius 1 is 1.04 bits per heavy atom. The van der Waals surface area contributed by atoms with Gasteiger partial charge in [0.2, 0.25) is 10.0 Å². The van der Waals surface area contributed by atoms with E-state index >= 15 is 0 Å². The van der Waals surface area contributed by atoms with Crippen LogP contribution in [-0.2, 0) is 10.0 Å². The summed E-state index contributed by atoms with van der Waals surface area (Å²) >= 11 is 3.43. The van der Waals surface area contributed by atoms with Crippen molar-refractivity contribution in [1.82, 2.24) is 14.7 Å². The van der Waals surface area contributed by atoms with E-state index in [-0.39, 0.29) is 11.4 Å². The molecule has 0 atom stereocenters. The molecule has 1 aromatic heterocycles. The number of aryl methyl sites for hydroxylation is 1. The van der Waals surface area contributed by atoms with Crippen molar-refractivity contribution in [2.75, 3.05) is 18.4 Å². The van der Waals surface area contributed by atoms with Gasteiger partial charge < -0.3 is 5.32 Å². The lowest BCUT2D eigenvalue weighted by Gasteiger charge is -2.10. The Morgan fingerprint density at radius 2 is 1.80 bits per heavy atom. The van der Waals surface area contributed by atoms with Gasteiger partial charge in [0.25, 0.3) is 0 Å². The van der Waals surface area contributed by atoms with Crippen molar-refractivity contribution >= 4 is 42.7 Å². The zero-order chi connectivity index (χ0) is 17.9. The van der Waals surface area contributed by atoms with E-state index in [0.29, 0.717) is 12.4 Å². The molecule has 0 amide bonds. The van der Waals surface area contributed by atoms with Gasteiger partial charge in [-0.15, -0.1) is 0 Å². The normalized spacial score (nSPS) is 11.6. The van der Waals surface area contributed by atoms with Crippen molar-refractivity contribution in [1.29, 1.82) is 0 Å². The fourth-order valence-corrected chi connectivity index (χ4v) is 3.73. The average Bonchev–Trinajstić information content (AvgIpc) is 2.59. The van der Waals surface area contributed by atoms with Crippen LogP contribution < -0.4 is 10.0 Å². The number of fused-ring (bicyclic) bond motifs is 1. The van der Waals surface area contributed by atoms with Gasteiger partial charge in [0.05, 0.1) is 10.4 Å². The second-order valence-corrected chi connectivity index (χ2v) is 8.20. The number of sulfonamides is 1. The highest BCUT2D eigenvalue weighted by molar-refractivity contribution is 9.10. The van der Waals surface area contributed by atoms with Crippen LogP contribution >= 0.6 is 15.9 Å². The Labute approximate surface area is 154 Å². The quantitative estimate of drug-likeness (QED) is 0.598. The van der Waals surface area contributed by atoms with Crippen molar-refractivity contribution in [2.45, 2.75) is 11.8 Å². The van der Waals surface area contributed by atoms with Crippen LogP contribution in [0.25, 0.3) is 10.9 Å².